The predicted octanol–water partition coefficient (Wildman–Crippen LogP) is 4.96. The maximum Gasteiger partial charge on any atom is 0.258 e. The zero-order valence-electron chi connectivity index (χ0n) is 8.34. The van der Waals surface area contributed by atoms with E-state index in [0.717, 1.165) is 11.3 Å². The van der Waals surface area contributed by atoms with Crippen LogP contribution in [-0.4, -0.2) is 5.91 Å². The van der Waals surface area contributed by atoms with Crippen molar-refractivity contribution in [3.63, 3.8) is 0 Å². The van der Waals surface area contributed by atoms with Crippen LogP contribution in [-0.2, 0) is 0 Å². The van der Waals surface area contributed by atoms with E-state index < -0.39 is 0 Å². The van der Waals surface area contributed by atoms with Crippen molar-refractivity contribution < 1.29 is 4.79 Å². The molecular weight excluding hydrogens is 301 g/mol. The molecule has 6 heteroatoms. The molecule has 0 aliphatic rings. The number of anilines is 1. The van der Waals surface area contributed by atoms with Crippen molar-refractivity contribution in [2.24, 2.45) is 0 Å². The zero-order valence-corrected chi connectivity index (χ0v) is 11.4. The second-order valence-corrected chi connectivity index (χ2v) is 5.86. The molecule has 0 saturated carbocycles. The van der Waals surface area contributed by atoms with Gasteiger partial charge in [-0.2, -0.15) is 0 Å². The first kappa shape index (κ1) is 12.7. The van der Waals surface area contributed by atoms with Gasteiger partial charge in [0.2, 0.25) is 0 Å². The molecule has 0 atom stereocenters. The van der Waals surface area contributed by atoms with Crippen molar-refractivity contribution in [2.75, 3.05) is 5.32 Å². The lowest BCUT2D eigenvalue weighted by Gasteiger charge is -2.05. The molecule has 0 unspecified atom stereocenters. The molecule has 0 spiro atoms. The van der Waals surface area contributed by atoms with Gasteiger partial charge in [-0.1, -0.05) is 46.9 Å². The molecule has 1 aromatic heterocycles. The zero-order chi connectivity index (χ0) is 12.4. The molecule has 0 saturated heterocycles. The standard InChI is InChI=1S/C11H6Cl3NOS/c12-7-3-1-2-4-8(7)15-11(16)6-5-9(13)17-10(6)14/h1-5H,(H,15,16). The summed E-state index contributed by atoms with van der Waals surface area (Å²) in [6.45, 7) is 0. The summed E-state index contributed by atoms with van der Waals surface area (Å²) in [6.07, 6.45) is 0. The van der Waals surface area contributed by atoms with Crippen LogP contribution in [0.15, 0.2) is 30.3 Å². The Labute approximate surface area is 117 Å². The van der Waals surface area contributed by atoms with Gasteiger partial charge in [-0.25, -0.2) is 0 Å². The number of para-hydroxylation sites is 1. The van der Waals surface area contributed by atoms with E-state index in [9.17, 15) is 4.79 Å². The molecule has 1 N–H and O–H groups in total. The predicted molar refractivity (Wildman–Crippen MR) is 73.7 cm³/mol. The van der Waals surface area contributed by atoms with Gasteiger partial charge in [-0.05, 0) is 18.2 Å². The highest BCUT2D eigenvalue weighted by molar-refractivity contribution is 7.20. The summed E-state index contributed by atoms with van der Waals surface area (Å²) < 4.78 is 0.832. The third-order valence-corrected chi connectivity index (χ3v) is 3.84. The lowest BCUT2D eigenvalue weighted by molar-refractivity contribution is 0.102. The summed E-state index contributed by atoms with van der Waals surface area (Å²) in [5, 5.41) is 3.14. The van der Waals surface area contributed by atoms with Gasteiger partial charge in [0.1, 0.15) is 4.34 Å². The monoisotopic (exact) mass is 305 g/mol. The minimum atomic E-state index is -0.328. The van der Waals surface area contributed by atoms with Gasteiger partial charge in [0, 0.05) is 0 Å². The topological polar surface area (TPSA) is 29.1 Å². The molecule has 1 amide bonds. The Bertz CT molecular complexity index is 568. The van der Waals surface area contributed by atoms with Crippen molar-refractivity contribution in [3.8, 4) is 0 Å². The number of rotatable bonds is 2. The quantitative estimate of drug-likeness (QED) is 0.834. The summed E-state index contributed by atoms with van der Waals surface area (Å²) in [5.41, 5.74) is 0.888. The third kappa shape index (κ3) is 2.93. The van der Waals surface area contributed by atoms with Crippen LogP contribution in [0.3, 0.4) is 0 Å². The minimum absolute atomic E-state index is 0.328. The first-order chi connectivity index (χ1) is 8.08. The van der Waals surface area contributed by atoms with Crippen LogP contribution >= 0.6 is 46.1 Å². The van der Waals surface area contributed by atoms with Crippen molar-refractivity contribution in [1.29, 1.82) is 0 Å². The van der Waals surface area contributed by atoms with Crippen LogP contribution in [0.4, 0.5) is 5.69 Å². The van der Waals surface area contributed by atoms with Crippen molar-refractivity contribution >= 4 is 57.7 Å². The highest BCUT2D eigenvalue weighted by Crippen LogP contribution is 2.32. The number of benzene rings is 1. The summed E-state index contributed by atoms with van der Waals surface area (Å²) in [7, 11) is 0. The van der Waals surface area contributed by atoms with E-state index in [4.69, 9.17) is 34.8 Å². The molecule has 0 aliphatic carbocycles. The Hall–Kier alpha value is -0.740. The van der Waals surface area contributed by atoms with Gasteiger partial charge in [0.05, 0.1) is 20.6 Å². The summed E-state index contributed by atoms with van der Waals surface area (Å²) in [4.78, 5) is 11.9. The Morgan fingerprint density at radius 1 is 1.18 bits per heavy atom. The van der Waals surface area contributed by atoms with Gasteiger partial charge in [0.15, 0.2) is 0 Å². The van der Waals surface area contributed by atoms with Crippen LogP contribution in [0, 0.1) is 0 Å². The smallest absolute Gasteiger partial charge is 0.258 e. The number of carbonyl (C=O) groups excluding carboxylic acids is 1. The second kappa shape index (κ2) is 5.27. The Balaban J connectivity index is 2.23. The van der Waals surface area contributed by atoms with Gasteiger partial charge in [-0.15, -0.1) is 11.3 Å². The van der Waals surface area contributed by atoms with E-state index in [1.165, 1.54) is 6.07 Å². The van der Waals surface area contributed by atoms with E-state index in [0.29, 0.717) is 24.9 Å². The van der Waals surface area contributed by atoms with Crippen molar-refractivity contribution in [3.05, 3.63) is 49.6 Å². The van der Waals surface area contributed by atoms with E-state index in [2.05, 4.69) is 5.32 Å². The number of nitrogens with one attached hydrogen (secondary N) is 1. The first-order valence-corrected chi connectivity index (χ1v) is 6.53. The van der Waals surface area contributed by atoms with E-state index in [-0.39, 0.29) is 5.91 Å². The van der Waals surface area contributed by atoms with Gasteiger partial charge < -0.3 is 5.32 Å². The number of hydrogen-bond acceptors (Lipinski definition) is 2. The second-order valence-electron chi connectivity index (χ2n) is 3.17. The highest BCUT2D eigenvalue weighted by Gasteiger charge is 2.15. The maximum atomic E-state index is 11.9. The molecule has 17 heavy (non-hydrogen) atoms. The third-order valence-electron chi connectivity index (χ3n) is 2.02. The number of thiophene rings is 1. The Kier molecular flexibility index (Phi) is 3.94. The maximum absolute atomic E-state index is 11.9. The largest absolute Gasteiger partial charge is 0.321 e. The fourth-order valence-electron chi connectivity index (χ4n) is 1.25. The van der Waals surface area contributed by atoms with Crippen LogP contribution in [0.5, 0.6) is 0 Å². The van der Waals surface area contributed by atoms with Gasteiger partial charge >= 0.3 is 0 Å². The van der Waals surface area contributed by atoms with E-state index >= 15 is 0 Å². The molecule has 2 rings (SSSR count). The fraction of sp³-hybridized carbons (Fsp3) is 0. The van der Waals surface area contributed by atoms with Crippen LogP contribution in [0.1, 0.15) is 10.4 Å². The van der Waals surface area contributed by atoms with Crippen LogP contribution in [0.25, 0.3) is 0 Å². The SMILES string of the molecule is O=C(Nc1ccccc1Cl)c1cc(Cl)sc1Cl. The van der Waals surface area contributed by atoms with Crippen molar-refractivity contribution in [2.45, 2.75) is 0 Å². The molecule has 0 fully saturated rings. The molecule has 0 bridgehead atoms. The van der Waals surface area contributed by atoms with E-state index in [1.807, 2.05) is 0 Å². The number of halogens is 3. The summed E-state index contributed by atoms with van der Waals surface area (Å²) in [5.74, 6) is -0.328. The Morgan fingerprint density at radius 2 is 1.88 bits per heavy atom. The Morgan fingerprint density at radius 3 is 2.47 bits per heavy atom. The molecule has 1 heterocycles. The molecule has 0 radical (unpaired) electrons. The number of carbonyl (C=O) groups is 1. The summed E-state index contributed by atoms with van der Waals surface area (Å²) >= 11 is 18.7. The van der Waals surface area contributed by atoms with Crippen LogP contribution < -0.4 is 5.32 Å². The molecule has 2 nitrogen and oxygen atoms in total. The lowest BCUT2D eigenvalue weighted by Crippen LogP contribution is -2.11. The highest BCUT2D eigenvalue weighted by atomic mass is 35.5. The fourth-order valence-corrected chi connectivity index (χ4v) is 2.89. The van der Waals surface area contributed by atoms with Gasteiger partial charge in [-0.3, -0.25) is 4.79 Å². The van der Waals surface area contributed by atoms with Crippen LogP contribution in [0.2, 0.25) is 13.7 Å². The van der Waals surface area contributed by atoms with Crippen molar-refractivity contribution in [1.82, 2.24) is 0 Å². The molecule has 1 aromatic carbocycles. The average Bonchev–Trinajstić information content (AvgIpc) is 2.61. The molecule has 0 aliphatic heterocycles. The van der Waals surface area contributed by atoms with Gasteiger partial charge in [0.25, 0.3) is 5.91 Å². The average molecular weight is 307 g/mol. The molecular formula is C11H6Cl3NOS. The lowest BCUT2D eigenvalue weighted by atomic mass is 10.3. The number of amides is 1. The summed E-state index contributed by atoms with van der Waals surface area (Å²) in [6, 6.07) is 8.50. The van der Waals surface area contributed by atoms with E-state index in [1.54, 1.807) is 24.3 Å². The first-order valence-electron chi connectivity index (χ1n) is 4.58. The number of hydrogen-bond donors (Lipinski definition) is 1. The molecule has 88 valence electrons. The normalized spacial score (nSPS) is 10.3. The minimum Gasteiger partial charge on any atom is -0.321 e. The molecule has 2 aromatic rings.